The summed E-state index contributed by atoms with van der Waals surface area (Å²) in [7, 11) is 0. The quantitative estimate of drug-likeness (QED) is 0.668. The molecule has 8 heteroatoms. The number of hydrogen-bond acceptors (Lipinski definition) is 6. The summed E-state index contributed by atoms with van der Waals surface area (Å²) >= 11 is 2.89. The molecule has 3 heterocycles. The summed E-state index contributed by atoms with van der Waals surface area (Å²) in [4.78, 5) is 31.8. The second-order valence-corrected chi connectivity index (χ2v) is 8.89. The van der Waals surface area contributed by atoms with Gasteiger partial charge < -0.3 is 5.32 Å². The van der Waals surface area contributed by atoms with E-state index in [0.717, 1.165) is 17.3 Å². The molecule has 0 radical (unpaired) electrons. The average Bonchev–Trinajstić information content (AvgIpc) is 3.09. The zero-order valence-corrected chi connectivity index (χ0v) is 17.5. The Bertz CT molecular complexity index is 1060. The summed E-state index contributed by atoms with van der Waals surface area (Å²) in [5.74, 6) is 0.334. The first-order valence-electron chi connectivity index (χ1n) is 9.36. The third-order valence-corrected chi connectivity index (χ3v) is 7.48. The highest BCUT2D eigenvalue weighted by Gasteiger charge is 2.25. The monoisotopic (exact) mass is 414 g/mol. The summed E-state index contributed by atoms with van der Waals surface area (Å²) in [5.41, 5.74) is 2.42. The van der Waals surface area contributed by atoms with Gasteiger partial charge >= 0.3 is 0 Å². The molecule has 0 aliphatic carbocycles. The fraction of sp³-hybridized carbons (Fsp3) is 0.350. The number of carbonyl (C=O) groups is 1. The molecule has 6 nitrogen and oxygen atoms in total. The lowest BCUT2D eigenvalue weighted by molar-refractivity contribution is -0.113. The van der Waals surface area contributed by atoms with Gasteiger partial charge in [0.15, 0.2) is 0 Å². The Morgan fingerprint density at radius 1 is 1.21 bits per heavy atom. The maximum Gasteiger partial charge on any atom is 0.271 e. The number of fused-ring (bicyclic) bond motifs is 3. The van der Waals surface area contributed by atoms with Crippen LogP contribution in [0.2, 0.25) is 0 Å². The Balaban J connectivity index is 1.74. The topological polar surface area (TPSA) is 67.2 Å². The lowest BCUT2D eigenvalue weighted by atomic mass is 10.1. The van der Waals surface area contributed by atoms with Gasteiger partial charge in [-0.05, 0) is 18.7 Å². The number of hydrogen-bond donors (Lipinski definition) is 1. The van der Waals surface area contributed by atoms with Gasteiger partial charge in [0.2, 0.25) is 5.91 Å². The van der Waals surface area contributed by atoms with E-state index in [-0.39, 0.29) is 17.5 Å². The van der Waals surface area contributed by atoms with Gasteiger partial charge in [-0.25, -0.2) is 4.98 Å². The van der Waals surface area contributed by atoms with Gasteiger partial charge in [0.05, 0.1) is 28.0 Å². The minimum atomic E-state index is -0.0488. The standard InChI is InChI=1S/C20H22N4O2S2/c1-3-23(4-2)14(13-8-6-5-7-9-13)10-24-12-21-16-17-20(27-11-15(25)22-17)28-18(16)19(24)26/h5-9,12,14H,3-4,10-11H2,1-2H3,(H,22,25). The molecule has 0 spiro atoms. The van der Waals surface area contributed by atoms with Gasteiger partial charge in [0, 0.05) is 6.54 Å². The Kier molecular flexibility index (Phi) is 5.52. The van der Waals surface area contributed by atoms with Gasteiger partial charge in [-0.3, -0.25) is 19.1 Å². The van der Waals surface area contributed by atoms with Crippen molar-refractivity contribution < 1.29 is 4.79 Å². The van der Waals surface area contributed by atoms with E-state index in [2.05, 4.69) is 41.2 Å². The number of carbonyl (C=O) groups excluding carboxylic acids is 1. The van der Waals surface area contributed by atoms with E-state index >= 15 is 0 Å². The van der Waals surface area contributed by atoms with Crippen LogP contribution >= 0.6 is 23.1 Å². The van der Waals surface area contributed by atoms with Crippen molar-refractivity contribution in [1.29, 1.82) is 0 Å². The van der Waals surface area contributed by atoms with Crippen molar-refractivity contribution >= 4 is 44.9 Å². The van der Waals surface area contributed by atoms with Crippen molar-refractivity contribution in [2.75, 3.05) is 24.2 Å². The largest absolute Gasteiger partial charge is 0.322 e. The van der Waals surface area contributed by atoms with Gasteiger partial charge in [-0.15, -0.1) is 23.1 Å². The molecule has 0 bridgehead atoms. The molecule has 28 heavy (non-hydrogen) atoms. The lowest BCUT2D eigenvalue weighted by Crippen LogP contribution is -2.34. The molecule has 1 aliphatic rings. The predicted octanol–water partition coefficient (Wildman–Crippen LogP) is 3.59. The van der Waals surface area contributed by atoms with E-state index in [9.17, 15) is 9.59 Å². The van der Waals surface area contributed by atoms with Crippen molar-refractivity contribution in [2.24, 2.45) is 0 Å². The fourth-order valence-electron chi connectivity index (χ4n) is 3.59. The van der Waals surface area contributed by atoms with Crippen molar-refractivity contribution in [3.05, 3.63) is 52.6 Å². The van der Waals surface area contributed by atoms with Crippen LogP contribution in [0.15, 0.2) is 45.7 Å². The number of thioether (sulfide) groups is 1. The smallest absolute Gasteiger partial charge is 0.271 e. The number of rotatable bonds is 6. The van der Waals surface area contributed by atoms with E-state index in [1.54, 1.807) is 10.9 Å². The first kappa shape index (κ1) is 19.2. The molecular formula is C20H22N4O2S2. The number of nitrogens with one attached hydrogen (secondary N) is 1. The molecule has 2 aromatic heterocycles. The average molecular weight is 415 g/mol. The number of thiophene rings is 1. The number of benzene rings is 1. The summed E-state index contributed by atoms with van der Waals surface area (Å²) in [5, 5.41) is 2.86. The minimum absolute atomic E-state index is 0.0474. The Morgan fingerprint density at radius 2 is 1.96 bits per heavy atom. The first-order chi connectivity index (χ1) is 13.6. The number of aromatic nitrogens is 2. The van der Waals surface area contributed by atoms with Crippen molar-refractivity contribution in [2.45, 2.75) is 30.6 Å². The molecule has 1 N–H and O–H groups in total. The van der Waals surface area contributed by atoms with Gasteiger partial charge in [0.1, 0.15) is 10.2 Å². The van der Waals surface area contributed by atoms with Crippen molar-refractivity contribution in [3.63, 3.8) is 0 Å². The maximum absolute atomic E-state index is 13.2. The molecule has 3 aromatic rings. The molecule has 1 unspecified atom stereocenters. The van der Waals surface area contributed by atoms with Crippen LogP contribution in [-0.4, -0.2) is 39.2 Å². The first-order valence-corrected chi connectivity index (χ1v) is 11.2. The predicted molar refractivity (Wildman–Crippen MR) is 115 cm³/mol. The molecule has 1 atom stereocenters. The molecule has 0 fully saturated rings. The van der Waals surface area contributed by atoms with Crippen LogP contribution in [0.4, 0.5) is 5.69 Å². The number of likely N-dealkylation sites (N-methyl/N-ethyl adjacent to an activating group) is 1. The van der Waals surface area contributed by atoms with Crippen molar-refractivity contribution in [1.82, 2.24) is 14.5 Å². The molecule has 0 saturated carbocycles. The van der Waals surface area contributed by atoms with Crippen LogP contribution in [0.25, 0.3) is 10.2 Å². The third kappa shape index (κ3) is 3.47. The van der Waals surface area contributed by atoms with E-state index in [4.69, 9.17) is 0 Å². The van der Waals surface area contributed by atoms with Crippen LogP contribution in [0.3, 0.4) is 0 Å². The van der Waals surface area contributed by atoms with Crippen molar-refractivity contribution in [3.8, 4) is 0 Å². The van der Waals surface area contributed by atoms with Crippen LogP contribution in [-0.2, 0) is 11.3 Å². The zero-order valence-electron chi connectivity index (χ0n) is 15.8. The maximum atomic E-state index is 13.2. The molecule has 1 aliphatic heterocycles. The molecule has 0 saturated heterocycles. The van der Waals surface area contributed by atoms with Gasteiger partial charge in [0.25, 0.3) is 5.56 Å². The third-order valence-electron chi connectivity index (χ3n) is 5.04. The van der Waals surface area contributed by atoms with Crippen LogP contribution < -0.4 is 10.9 Å². The van der Waals surface area contributed by atoms with Gasteiger partial charge in [-0.2, -0.15) is 0 Å². The second-order valence-electron chi connectivity index (χ2n) is 6.63. The van der Waals surface area contributed by atoms with Crippen LogP contribution in [0.5, 0.6) is 0 Å². The molecule has 146 valence electrons. The highest BCUT2D eigenvalue weighted by atomic mass is 32.2. The SMILES string of the molecule is CCN(CC)C(Cn1cnc2c3c(sc2c1=O)SCC(=O)N3)c1ccccc1. The molecular weight excluding hydrogens is 392 g/mol. The number of anilines is 1. The Morgan fingerprint density at radius 3 is 2.68 bits per heavy atom. The zero-order chi connectivity index (χ0) is 19.7. The summed E-state index contributed by atoms with van der Waals surface area (Å²) in [6.07, 6.45) is 1.61. The Hall–Kier alpha value is -2.16. The fourth-order valence-corrected chi connectivity index (χ4v) is 5.77. The minimum Gasteiger partial charge on any atom is -0.322 e. The highest BCUT2D eigenvalue weighted by molar-refractivity contribution is 8.02. The summed E-state index contributed by atoms with van der Waals surface area (Å²) in [6, 6.07) is 10.4. The van der Waals surface area contributed by atoms with E-state index < -0.39 is 0 Å². The molecule has 1 aromatic carbocycles. The summed E-state index contributed by atoms with van der Waals surface area (Å²) in [6.45, 7) is 6.61. The molecule has 4 rings (SSSR count). The van der Waals surface area contributed by atoms with Crippen LogP contribution in [0.1, 0.15) is 25.5 Å². The highest BCUT2D eigenvalue weighted by Crippen LogP contribution is 2.42. The lowest BCUT2D eigenvalue weighted by Gasteiger charge is -2.30. The number of nitrogens with zero attached hydrogens (tertiary/aromatic N) is 3. The van der Waals surface area contributed by atoms with E-state index in [1.807, 2.05) is 18.2 Å². The van der Waals surface area contributed by atoms with Crippen LogP contribution in [0, 0.1) is 0 Å². The van der Waals surface area contributed by atoms with Gasteiger partial charge in [-0.1, -0.05) is 44.2 Å². The van der Waals surface area contributed by atoms with E-state index in [1.165, 1.54) is 28.7 Å². The van der Waals surface area contributed by atoms with E-state index in [0.29, 0.717) is 28.2 Å². The number of amides is 1. The second kappa shape index (κ2) is 8.06. The summed E-state index contributed by atoms with van der Waals surface area (Å²) < 4.78 is 3.26. The molecule has 1 amide bonds. The normalized spacial score (nSPS) is 14.9. The Labute approximate surface area is 171 Å².